The van der Waals surface area contributed by atoms with Gasteiger partial charge in [0.1, 0.15) is 38.6 Å². The SMILES string of the molecule is CC(COC(=O)c1ccccc1)OC(=O)NCC1CC(C)(C)CC(C)(NC(=O)OCCOC(=O)NC2CC(C)(C)CC(C)(CNC(=O)OC(C)COC(=O)c3ccccc3)C2)C1. The fraction of sp³-hybridized carbons (Fsp3) is 0.609. The zero-order chi connectivity index (χ0) is 45.6. The molecule has 0 radical (unpaired) electrons. The highest BCUT2D eigenvalue weighted by atomic mass is 16.6. The van der Waals surface area contributed by atoms with Crippen LogP contribution in [0.3, 0.4) is 0 Å². The summed E-state index contributed by atoms with van der Waals surface area (Å²) in [6, 6.07) is 16.9. The van der Waals surface area contributed by atoms with Crippen molar-refractivity contribution in [3.05, 3.63) is 71.8 Å². The van der Waals surface area contributed by atoms with Gasteiger partial charge in [-0.1, -0.05) is 71.0 Å². The Labute approximate surface area is 365 Å². The summed E-state index contributed by atoms with van der Waals surface area (Å²) in [4.78, 5) is 75.4. The number of ether oxygens (including phenoxy) is 6. The van der Waals surface area contributed by atoms with E-state index in [-0.39, 0.29) is 54.6 Å². The van der Waals surface area contributed by atoms with Crippen LogP contribution in [0.4, 0.5) is 19.2 Å². The Balaban J connectivity index is 1.13. The number of alkyl carbamates (subject to hydrolysis) is 4. The monoisotopic (exact) mass is 866 g/mol. The maximum Gasteiger partial charge on any atom is 0.407 e. The average Bonchev–Trinajstić information content (AvgIpc) is 3.18. The van der Waals surface area contributed by atoms with Crippen molar-refractivity contribution in [2.24, 2.45) is 22.2 Å². The van der Waals surface area contributed by atoms with Gasteiger partial charge < -0.3 is 49.7 Å². The van der Waals surface area contributed by atoms with E-state index < -0.39 is 54.1 Å². The molecule has 16 nitrogen and oxygen atoms in total. The number of benzene rings is 2. The molecule has 0 spiro atoms. The fourth-order valence-electron chi connectivity index (χ4n) is 9.29. The Morgan fingerprint density at radius 2 is 1.10 bits per heavy atom. The Kier molecular flexibility index (Phi) is 17.4. The molecule has 62 heavy (non-hydrogen) atoms. The molecule has 2 fully saturated rings. The Bertz CT molecular complexity index is 1830. The predicted molar refractivity (Wildman–Crippen MR) is 229 cm³/mol. The number of carbonyl (C=O) groups is 6. The summed E-state index contributed by atoms with van der Waals surface area (Å²) in [5.74, 6) is -0.974. The standard InChI is InChI=1S/C46H66N4O12/c1-31(26-59-37(51)34-15-11-9-12-16-34)61-39(53)47-25-33-21-43(3,4)29-46(8,22-33)50-42(56)58-20-19-57-41(55)49-36-23-44(5,6)28-45(7,24-36)30-48-40(54)62-32(2)27-60-38(52)35-17-13-10-14-18-35/h9-18,31-33,36H,19-30H2,1-8H3,(H,47,53)(H,48,54)(H,49,55)(H,50,56). The van der Waals surface area contributed by atoms with E-state index in [0.29, 0.717) is 49.9 Å². The molecular weight excluding hydrogens is 801 g/mol. The van der Waals surface area contributed by atoms with Gasteiger partial charge in [-0.05, 0) is 106 Å². The van der Waals surface area contributed by atoms with E-state index in [1.165, 1.54) is 0 Å². The third kappa shape index (κ3) is 17.1. The van der Waals surface area contributed by atoms with Crippen LogP contribution in [-0.2, 0) is 28.4 Å². The van der Waals surface area contributed by atoms with Crippen molar-refractivity contribution in [2.45, 2.75) is 118 Å². The minimum atomic E-state index is -0.664. The summed E-state index contributed by atoms with van der Waals surface area (Å²) in [7, 11) is 0. The van der Waals surface area contributed by atoms with Gasteiger partial charge in [-0.15, -0.1) is 0 Å². The molecule has 2 aromatic rings. The third-order valence-electron chi connectivity index (χ3n) is 10.9. The van der Waals surface area contributed by atoms with Crippen LogP contribution in [0.15, 0.2) is 60.7 Å². The van der Waals surface area contributed by atoms with Crippen LogP contribution in [0.5, 0.6) is 0 Å². The second-order valence-corrected chi connectivity index (χ2v) is 19.1. The lowest BCUT2D eigenvalue weighted by Crippen LogP contribution is -2.54. The van der Waals surface area contributed by atoms with Crippen molar-refractivity contribution in [3.8, 4) is 0 Å². The molecule has 0 bridgehead atoms. The van der Waals surface area contributed by atoms with Gasteiger partial charge in [-0.25, -0.2) is 28.8 Å². The van der Waals surface area contributed by atoms with Gasteiger partial charge >= 0.3 is 36.3 Å². The number of rotatable bonds is 17. The molecule has 2 saturated carbocycles. The van der Waals surface area contributed by atoms with Gasteiger partial charge in [0.15, 0.2) is 0 Å². The van der Waals surface area contributed by atoms with Crippen LogP contribution >= 0.6 is 0 Å². The second kappa shape index (κ2) is 22.0. The second-order valence-electron chi connectivity index (χ2n) is 19.1. The highest BCUT2D eigenvalue weighted by molar-refractivity contribution is 5.89. The van der Waals surface area contributed by atoms with E-state index in [9.17, 15) is 28.8 Å². The van der Waals surface area contributed by atoms with Crippen LogP contribution in [-0.4, -0.2) is 99.6 Å². The molecule has 16 heteroatoms. The van der Waals surface area contributed by atoms with Gasteiger partial charge in [0, 0.05) is 24.7 Å². The van der Waals surface area contributed by atoms with Gasteiger partial charge in [-0.2, -0.15) is 0 Å². The summed E-state index contributed by atoms with van der Waals surface area (Å²) in [6.07, 6.45) is 0.266. The third-order valence-corrected chi connectivity index (χ3v) is 10.9. The minimum absolute atomic E-state index is 0.0262. The van der Waals surface area contributed by atoms with Crippen molar-refractivity contribution in [2.75, 3.05) is 39.5 Å². The van der Waals surface area contributed by atoms with E-state index in [0.717, 1.165) is 12.8 Å². The Hall–Kier alpha value is -5.54. The molecule has 6 atom stereocenters. The van der Waals surface area contributed by atoms with Gasteiger partial charge in [-0.3, -0.25) is 0 Å². The molecule has 4 N–H and O–H groups in total. The van der Waals surface area contributed by atoms with Crippen molar-refractivity contribution < 1.29 is 57.2 Å². The molecule has 2 aliphatic rings. The Morgan fingerprint density at radius 1 is 0.597 bits per heavy atom. The summed E-state index contributed by atoms with van der Waals surface area (Å²) >= 11 is 0. The van der Waals surface area contributed by atoms with E-state index in [4.69, 9.17) is 28.4 Å². The minimum Gasteiger partial charge on any atom is -0.458 e. The molecule has 4 amide bonds. The number of hydrogen-bond acceptors (Lipinski definition) is 12. The molecule has 342 valence electrons. The summed E-state index contributed by atoms with van der Waals surface area (Å²) < 4.78 is 32.1. The first-order valence-corrected chi connectivity index (χ1v) is 21.3. The summed E-state index contributed by atoms with van der Waals surface area (Å²) in [5.41, 5.74) is -0.489. The molecule has 2 aliphatic carbocycles. The molecule has 0 saturated heterocycles. The molecular formula is C46H66N4O12. The van der Waals surface area contributed by atoms with Gasteiger partial charge in [0.2, 0.25) is 0 Å². The lowest BCUT2D eigenvalue weighted by molar-refractivity contribution is 0.0199. The molecule has 4 rings (SSSR count). The topological polar surface area (TPSA) is 206 Å². The van der Waals surface area contributed by atoms with E-state index >= 15 is 0 Å². The lowest BCUT2D eigenvalue weighted by Gasteiger charge is -2.46. The van der Waals surface area contributed by atoms with Crippen molar-refractivity contribution >= 4 is 36.3 Å². The maximum atomic E-state index is 12.9. The molecule has 2 aromatic carbocycles. The van der Waals surface area contributed by atoms with Crippen LogP contribution in [0, 0.1) is 22.2 Å². The summed E-state index contributed by atoms with van der Waals surface area (Å²) in [5, 5.41) is 11.6. The number of nitrogens with one attached hydrogen (secondary N) is 4. The summed E-state index contributed by atoms with van der Waals surface area (Å²) in [6.45, 7) is 15.8. The van der Waals surface area contributed by atoms with Crippen molar-refractivity contribution in [3.63, 3.8) is 0 Å². The molecule has 0 heterocycles. The van der Waals surface area contributed by atoms with Gasteiger partial charge in [0.25, 0.3) is 0 Å². The highest BCUT2D eigenvalue weighted by Crippen LogP contribution is 2.46. The largest absolute Gasteiger partial charge is 0.458 e. The highest BCUT2D eigenvalue weighted by Gasteiger charge is 2.44. The van der Waals surface area contributed by atoms with E-state index in [1.807, 2.05) is 13.8 Å². The van der Waals surface area contributed by atoms with Crippen LogP contribution in [0.2, 0.25) is 0 Å². The zero-order valence-corrected chi connectivity index (χ0v) is 37.5. The fourth-order valence-corrected chi connectivity index (χ4v) is 9.29. The zero-order valence-electron chi connectivity index (χ0n) is 37.5. The first-order valence-electron chi connectivity index (χ1n) is 21.3. The van der Waals surface area contributed by atoms with E-state index in [1.54, 1.807) is 74.5 Å². The van der Waals surface area contributed by atoms with Crippen molar-refractivity contribution in [1.29, 1.82) is 0 Å². The number of esters is 2. The molecule has 0 aliphatic heterocycles. The first kappa shape index (κ1) is 49.1. The maximum absolute atomic E-state index is 12.9. The molecule has 6 unspecified atom stereocenters. The normalized spacial score (nSPS) is 23.5. The number of amides is 4. The van der Waals surface area contributed by atoms with Gasteiger partial charge in [0.05, 0.1) is 11.1 Å². The number of carbonyl (C=O) groups excluding carboxylic acids is 6. The first-order chi connectivity index (χ1) is 29.1. The number of hydrogen-bond donors (Lipinski definition) is 4. The smallest absolute Gasteiger partial charge is 0.407 e. The quantitative estimate of drug-likeness (QED) is 0.0691. The predicted octanol–water partition coefficient (Wildman–Crippen LogP) is 7.55. The van der Waals surface area contributed by atoms with Crippen LogP contribution < -0.4 is 21.3 Å². The van der Waals surface area contributed by atoms with Crippen LogP contribution in [0.25, 0.3) is 0 Å². The Morgan fingerprint density at radius 3 is 1.65 bits per heavy atom. The van der Waals surface area contributed by atoms with Crippen LogP contribution in [0.1, 0.15) is 115 Å². The van der Waals surface area contributed by atoms with E-state index in [2.05, 4.69) is 49.0 Å². The lowest BCUT2D eigenvalue weighted by atomic mass is 9.62. The average molecular weight is 867 g/mol. The molecule has 0 aromatic heterocycles. The van der Waals surface area contributed by atoms with Crippen molar-refractivity contribution in [1.82, 2.24) is 21.3 Å².